The molecule has 28 heavy (non-hydrogen) atoms. The molecule has 0 saturated carbocycles. The van der Waals surface area contributed by atoms with E-state index in [1.54, 1.807) is 7.11 Å². The van der Waals surface area contributed by atoms with E-state index < -0.39 is 7.92 Å². The molecule has 0 bridgehead atoms. The van der Waals surface area contributed by atoms with Crippen LogP contribution in [0, 0.1) is 5.92 Å². The molecule has 1 aliphatic rings. The van der Waals surface area contributed by atoms with Crippen molar-refractivity contribution in [2.45, 2.75) is 6.10 Å². The third-order valence-electron chi connectivity index (χ3n) is 4.99. The first kappa shape index (κ1) is 19.3. The molecule has 1 nitrogen and oxygen atoms in total. The maximum absolute atomic E-state index is 6.04. The first-order valence-electron chi connectivity index (χ1n) is 9.35. The summed E-state index contributed by atoms with van der Waals surface area (Å²) in [5, 5.41) is 4.05. The standard InChI is InChI=1S/C25H22BrOP/c1-27-25(21-16-10-17-23(21)26)22-15-8-9-18-24(22)28(19-11-4-2-5-12-19)20-13-6-3-7-14-20/h2-18,21,25H,1H3/t21-,25-/m1/s1. The Bertz CT molecular complexity index is 942. The van der Waals surface area contributed by atoms with Gasteiger partial charge in [0.1, 0.15) is 0 Å². The Morgan fingerprint density at radius 1 is 0.821 bits per heavy atom. The van der Waals surface area contributed by atoms with Crippen LogP contribution in [-0.2, 0) is 4.74 Å². The van der Waals surface area contributed by atoms with E-state index in [2.05, 4.69) is 119 Å². The lowest BCUT2D eigenvalue weighted by Gasteiger charge is -2.28. The van der Waals surface area contributed by atoms with Gasteiger partial charge in [-0.3, -0.25) is 0 Å². The number of hydrogen-bond acceptors (Lipinski definition) is 1. The lowest BCUT2D eigenvalue weighted by atomic mass is 9.97. The van der Waals surface area contributed by atoms with Gasteiger partial charge < -0.3 is 4.74 Å². The molecule has 0 unspecified atom stereocenters. The Morgan fingerprint density at radius 3 is 1.93 bits per heavy atom. The van der Waals surface area contributed by atoms with E-state index in [0.29, 0.717) is 0 Å². The third-order valence-corrected chi connectivity index (χ3v) is 8.30. The molecular weight excluding hydrogens is 427 g/mol. The number of rotatable bonds is 6. The SMILES string of the molecule is CO[C@@H](c1ccccc1P(c1ccccc1)c1ccccc1)[C@@H]1C=CC=C1Br. The summed E-state index contributed by atoms with van der Waals surface area (Å²) in [6, 6.07) is 30.4. The summed E-state index contributed by atoms with van der Waals surface area (Å²) >= 11 is 3.72. The van der Waals surface area contributed by atoms with Gasteiger partial charge in [-0.15, -0.1) is 0 Å². The summed E-state index contributed by atoms with van der Waals surface area (Å²) in [5.74, 6) is 0.203. The number of allylic oxidation sites excluding steroid dienone is 2. The van der Waals surface area contributed by atoms with Crippen molar-refractivity contribution in [1.29, 1.82) is 0 Å². The molecule has 0 aliphatic heterocycles. The fraction of sp³-hybridized carbons (Fsp3) is 0.120. The molecule has 2 atom stereocenters. The predicted octanol–water partition coefficient (Wildman–Crippen LogP) is 5.60. The highest BCUT2D eigenvalue weighted by molar-refractivity contribution is 9.11. The van der Waals surface area contributed by atoms with Crippen LogP contribution in [0.2, 0.25) is 0 Å². The van der Waals surface area contributed by atoms with Crippen LogP contribution in [0.5, 0.6) is 0 Å². The van der Waals surface area contributed by atoms with E-state index in [1.807, 2.05) is 0 Å². The van der Waals surface area contributed by atoms with E-state index >= 15 is 0 Å². The zero-order valence-electron chi connectivity index (χ0n) is 15.7. The van der Waals surface area contributed by atoms with Gasteiger partial charge in [0.2, 0.25) is 0 Å². The molecule has 0 heterocycles. The minimum atomic E-state index is -0.672. The lowest BCUT2D eigenvalue weighted by molar-refractivity contribution is 0.0833. The molecule has 0 spiro atoms. The smallest absolute Gasteiger partial charge is 0.0935 e. The van der Waals surface area contributed by atoms with E-state index in [1.165, 1.54) is 21.5 Å². The van der Waals surface area contributed by atoms with Crippen LogP contribution in [0.3, 0.4) is 0 Å². The molecule has 3 aromatic carbocycles. The van der Waals surface area contributed by atoms with Crippen molar-refractivity contribution in [3.05, 3.63) is 113 Å². The van der Waals surface area contributed by atoms with Gasteiger partial charge in [-0.05, 0) is 29.4 Å². The van der Waals surface area contributed by atoms with Crippen LogP contribution in [0.25, 0.3) is 0 Å². The first-order valence-corrected chi connectivity index (χ1v) is 11.5. The van der Waals surface area contributed by atoms with Crippen LogP contribution in [-0.4, -0.2) is 7.11 Å². The normalized spacial score (nSPS) is 17.0. The largest absolute Gasteiger partial charge is 0.376 e. The second-order valence-electron chi connectivity index (χ2n) is 6.68. The highest BCUT2D eigenvalue weighted by atomic mass is 79.9. The fourth-order valence-electron chi connectivity index (χ4n) is 3.70. The summed E-state index contributed by atoms with van der Waals surface area (Å²) in [4.78, 5) is 0. The number of halogens is 1. The summed E-state index contributed by atoms with van der Waals surface area (Å²) < 4.78 is 7.21. The van der Waals surface area contributed by atoms with Crippen molar-refractivity contribution in [2.75, 3.05) is 7.11 Å². The molecule has 0 fully saturated rings. The van der Waals surface area contributed by atoms with Crippen molar-refractivity contribution < 1.29 is 4.74 Å². The lowest BCUT2D eigenvalue weighted by Crippen LogP contribution is -2.26. The minimum absolute atomic E-state index is 0.0296. The number of hydrogen-bond donors (Lipinski definition) is 0. The van der Waals surface area contributed by atoms with E-state index in [0.717, 1.165) is 4.48 Å². The van der Waals surface area contributed by atoms with Gasteiger partial charge >= 0.3 is 0 Å². The van der Waals surface area contributed by atoms with Crippen LogP contribution in [0.15, 0.2) is 108 Å². The van der Waals surface area contributed by atoms with Gasteiger partial charge in [-0.25, -0.2) is 0 Å². The van der Waals surface area contributed by atoms with Crippen molar-refractivity contribution >= 4 is 39.8 Å². The monoisotopic (exact) mass is 448 g/mol. The summed E-state index contributed by atoms with van der Waals surface area (Å²) in [6.07, 6.45) is 6.39. The Labute approximate surface area is 176 Å². The molecule has 0 amide bonds. The average Bonchev–Trinajstić information content (AvgIpc) is 3.17. The quantitative estimate of drug-likeness (QED) is 0.446. The van der Waals surface area contributed by atoms with Crippen molar-refractivity contribution in [2.24, 2.45) is 5.92 Å². The van der Waals surface area contributed by atoms with Crippen molar-refractivity contribution in [3.8, 4) is 0 Å². The predicted molar refractivity (Wildman–Crippen MR) is 125 cm³/mol. The number of methoxy groups -OCH3 is 1. The molecule has 3 aromatic rings. The fourth-order valence-corrected chi connectivity index (χ4v) is 6.73. The topological polar surface area (TPSA) is 9.23 Å². The van der Waals surface area contributed by atoms with E-state index in [9.17, 15) is 0 Å². The van der Waals surface area contributed by atoms with Crippen molar-refractivity contribution in [3.63, 3.8) is 0 Å². The average molecular weight is 449 g/mol. The molecule has 0 aromatic heterocycles. The van der Waals surface area contributed by atoms with Gasteiger partial charge in [-0.2, -0.15) is 0 Å². The van der Waals surface area contributed by atoms with Crippen LogP contribution < -0.4 is 15.9 Å². The van der Waals surface area contributed by atoms with Crippen LogP contribution >= 0.6 is 23.9 Å². The summed E-state index contributed by atoms with van der Waals surface area (Å²) in [7, 11) is 1.13. The molecule has 0 radical (unpaired) electrons. The highest BCUT2D eigenvalue weighted by Crippen LogP contribution is 2.41. The van der Waals surface area contributed by atoms with Gasteiger partial charge in [0.15, 0.2) is 0 Å². The molecule has 0 N–H and O–H groups in total. The second kappa shape index (κ2) is 9.01. The molecular formula is C25H22BrOP. The molecule has 0 saturated heterocycles. The third kappa shape index (κ3) is 3.91. The Kier molecular flexibility index (Phi) is 6.22. The second-order valence-corrected chi connectivity index (χ2v) is 9.78. The molecule has 4 rings (SSSR count). The maximum atomic E-state index is 6.04. The zero-order valence-corrected chi connectivity index (χ0v) is 18.2. The molecule has 3 heteroatoms. The van der Waals surface area contributed by atoms with Gasteiger partial charge in [0, 0.05) is 17.5 Å². The Balaban J connectivity index is 1.86. The Hall–Kier alpha value is -1.99. The maximum Gasteiger partial charge on any atom is 0.0935 e. The Morgan fingerprint density at radius 2 is 1.39 bits per heavy atom. The zero-order chi connectivity index (χ0) is 19.3. The summed E-state index contributed by atoms with van der Waals surface area (Å²) in [6.45, 7) is 0. The summed E-state index contributed by atoms with van der Waals surface area (Å²) in [5.41, 5.74) is 1.26. The minimum Gasteiger partial charge on any atom is -0.376 e. The van der Waals surface area contributed by atoms with Gasteiger partial charge in [0.25, 0.3) is 0 Å². The van der Waals surface area contributed by atoms with Crippen molar-refractivity contribution in [1.82, 2.24) is 0 Å². The van der Waals surface area contributed by atoms with Crippen LogP contribution in [0.1, 0.15) is 11.7 Å². The highest BCUT2D eigenvalue weighted by Gasteiger charge is 2.29. The molecule has 140 valence electrons. The molecule has 1 aliphatic carbocycles. The number of ether oxygens (including phenoxy) is 1. The van der Waals surface area contributed by atoms with Crippen LogP contribution in [0.4, 0.5) is 0 Å². The number of benzene rings is 3. The van der Waals surface area contributed by atoms with Gasteiger partial charge in [-0.1, -0.05) is 119 Å². The first-order chi connectivity index (χ1) is 13.8. The van der Waals surface area contributed by atoms with E-state index in [4.69, 9.17) is 4.74 Å². The van der Waals surface area contributed by atoms with Gasteiger partial charge in [0.05, 0.1) is 6.10 Å². The van der Waals surface area contributed by atoms with E-state index in [-0.39, 0.29) is 12.0 Å².